The van der Waals surface area contributed by atoms with Gasteiger partial charge in [0.05, 0.1) is 22.9 Å². The maximum atomic E-state index is 12.5. The van der Waals surface area contributed by atoms with Crippen molar-refractivity contribution < 1.29 is 8.42 Å². The van der Waals surface area contributed by atoms with E-state index in [0.717, 1.165) is 21.0 Å². The van der Waals surface area contributed by atoms with Crippen LogP contribution in [0.5, 0.6) is 0 Å². The number of hydrogen-bond acceptors (Lipinski definition) is 6. The highest BCUT2D eigenvalue weighted by Crippen LogP contribution is 2.28. The second-order valence-corrected chi connectivity index (χ2v) is 10.3. The third-order valence-electron chi connectivity index (χ3n) is 5.11. The Labute approximate surface area is 167 Å². The lowest BCUT2D eigenvalue weighted by Crippen LogP contribution is -2.24. The Morgan fingerprint density at radius 3 is 2.61 bits per heavy atom. The molecular weight excluding hydrogens is 396 g/mol. The van der Waals surface area contributed by atoms with Crippen LogP contribution in [0.25, 0.3) is 10.2 Å². The first-order valence-corrected chi connectivity index (χ1v) is 11.6. The van der Waals surface area contributed by atoms with Crippen molar-refractivity contribution >= 4 is 43.0 Å². The maximum absolute atomic E-state index is 12.5. The molecule has 1 unspecified atom stereocenters. The van der Waals surface area contributed by atoms with Crippen LogP contribution in [0.15, 0.2) is 29.1 Å². The van der Waals surface area contributed by atoms with Crippen LogP contribution >= 0.6 is 11.3 Å². The Balaban J connectivity index is 1.56. The molecule has 0 spiro atoms. The second-order valence-electron chi connectivity index (χ2n) is 7.07. The normalized spacial score (nSPS) is 17.2. The number of rotatable bonds is 4. The molecular formula is C19H22N4O3S2. The largest absolute Gasteiger partial charge is 0.375 e. The van der Waals surface area contributed by atoms with Crippen LogP contribution in [0.4, 0.5) is 11.4 Å². The topological polar surface area (TPSA) is 95.2 Å². The summed E-state index contributed by atoms with van der Waals surface area (Å²) < 4.78 is 25.5. The average molecular weight is 419 g/mol. The van der Waals surface area contributed by atoms with Gasteiger partial charge >= 0.3 is 0 Å². The van der Waals surface area contributed by atoms with Crippen molar-refractivity contribution in [2.75, 3.05) is 21.9 Å². The third-order valence-corrected chi connectivity index (χ3v) is 8.08. The monoisotopic (exact) mass is 418 g/mol. The van der Waals surface area contributed by atoms with Gasteiger partial charge in [-0.25, -0.2) is 13.4 Å². The van der Waals surface area contributed by atoms with Crippen LogP contribution in [0, 0.1) is 13.8 Å². The van der Waals surface area contributed by atoms with Gasteiger partial charge in [-0.1, -0.05) is 0 Å². The van der Waals surface area contributed by atoms with Crippen molar-refractivity contribution in [1.82, 2.24) is 9.97 Å². The molecule has 0 aliphatic carbocycles. The highest BCUT2D eigenvalue weighted by Gasteiger charge is 2.28. The number of sulfonamides is 1. The quantitative estimate of drug-likeness (QED) is 0.678. The highest BCUT2D eigenvalue weighted by atomic mass is 32.2. The molecule has 9 heteroatoms. The first-order valence-electron chi connectivity index (χ1n) is 9.13. The number of thiophene rings is 1. The van der Waals surface area contributed by atoms with Crippen molar-refractivity contribution in [2.45, 2.75) is 33.2 Å². The number of nitrogens with one attached hydrogen (secondary N) is 2. The molecule has 0 radical (unpaired) electrons. The van der Waals surface area contributed by atoms with Gasteiger partial charge in [-0.15, -0.1) is 11.3 Å². The minimum absolute atomic E-state index is 0.120. The van der Waals surface area contributed by atoms with E-state index in [1.54, 1.807) is 12.1 Å². The molecule has 4 rings (SSSR count). The Bertz CT molecular complexity index is 1200. The first kappa shape index (κ1) is 18.9. The Morgan fingerprint density at radius 1 is 1.25 bits per heavy atom. The van der Waals surface area contributed by atoms with Crippen molar-refractivity contribution in [3.8, 4) is 0 Å². The molecule has 1 saturated heterocycles. The van der Waals surface area contributed by atoms with E-state index in [0.29, 0.717) is 29.9 Å². The van der Waals surface area contributed by atoms with E-state index in [9.17, 15) is 13.2 Å². The third kappa shape index (κ3) is 3.29. The SMILES string of the molecule is Cc1sc2nc(C(C)Nc3ccc(N4CCCS4(=O)=O)cc3)[nH]c(=O)c2c1C. The van der Waals surface area contributed by atoms with Gasteiger partial charge in [0.1, 0.15) is 10.7 Å². The number of aryl methyl sites for hydroxylation is 2. The Kier molecular flexibility index (Phi) is 4.67. The van der Waals surface area contributed by atoms with Crippen molar-refractivity contribution in [1.29, 1.82) is 0 Å². The smallest absolute Gasteiger partial charge is 0.259 e. The number of aromatic amines is 1. The molecule has 1 atom stereocenters. The molecule has 28 heavy (non-hydrogen) atoms. The van der Waals surface area contributed by atoms with E-state index in [4.69, 9.17) is 0 Å². The van der Waals surface area contributed by atoms with Gasteiger partial charge < -0.3 is 10.3 Å². The molecule has 1 fully saturated rings. The zero-order valence-corrected chi connectivity index (χ0v) is 17.6. The summed E-state index contributed by atoms with van der Waals surface area (Å²) in [5.41, 5.74) is 2.36. The van der Waals surface area contributed by atoms with Gasteiger partial charge in [0, 0.05) is 17.1 Å². The number of benzene rings is 1. The molecule has 1 aliphatic rings. The summed E-state index contributed by atoms with van der Waals surface area (Å²) in [6.07, 6.45) is 0.655. The fourth-order valence-electron chi connectivity index (χ4n) is 3.45. The first-order chi connectivity index (χ1) is 13.3. The summed E-state index contributed by atoms with van der Waals surface area (Å²) >= 11 is 1.53. The molecule has 7 nitrogen and oxygen atoms in total. The van der Waals surface area contributed by atoms with Crippen molar-refractivity contribution in [3.05, 3.63) is 50.9 Å². The van der Waals surface area contributed by atoms with Gasteiger partial charge in [0.2, 0.25) is 10.0 Å². The molecule has 2 N–H and O–H groups in total. The molecule has 0 saturated carbocycles. The van der Waals surface area contributed by atoms with Gasteiger partial charge in [0.25, 0.3) is 5.56 Å². The summed E-state index contributed by atoms with van der Waals surface area (Å²) in [6, 6.07) is 7.07. The zero-order chi connectivity index (χ0) is 20.1. The molecule has 0 amide bonds. The molecule has 3 aromatic rings. The van der Waals surface area contributed by atoms with Gasteiger partial charge in [-0.2, -0.15) is 0 Å². The summed E-state index contributed by atoms with van der Waals surface area (Å²) in [5, 5.41) is 3.98. The Hall–Kier alpha value is -2.39. The van der Waals surface area contributed by atoms with E-state index < -0.39 is 10.0 Å². The van der Waals surface area contributed by atoms with Crippen molar-refractivity contribution in [3.63, 3.8) is 0 Å². The second kappa shape index (κ2) is 6.89. The maximum Gasteiger partial charge on any atom is 0.259 e. The van der Waals surface area contributed by atoms with Crippen LogP contribution < -0.4 is 15.2 Å². The molecule has 1 aromatic carbocycles. The number of H-pyrrole nitrogens is 1. The van der Waals surface area contributed by atoms with Crippen LogP contribution in [-0.2, 0) is 10.0 Å². The van der Waals surface area contributed by atoms with Crippen LogP contribution in [-0.4, -0.2) is 30.7 Å². The summed E-state index contributed by atoms with van der Waals surface area (Å²) in [7, 11) is -3.18. The van der Waals surface area contributed by atoms with Gasteiger partial charge in [-0.3, -0.25) is 9.10 Å². The lowest BCUT2D eigenvalue weighted by Gasteiger charge is -2.18. The van der Waals surface area contributed by atoms with E-state index in [1.165, 1.54) is 15.6 Å². The van der Waals surface area contributed by atoms with Crippen LogP contribution in [0.2, 0.25) is 0 Å². The van der Waals surface area contributed by atoms with Gasteiger partial charge in [0.15, 0.2) is 0 Å². The molecule has 1 aliphatic heterocycles. The lowest BCUT2D eigenvalue weighted by atomic mass is 10.2. The average Bonchev–Trinajstić information content (AvgIpc) is 3.14. The van der Waals surface area contributed by atoms with Crippen LogP contribution in [0.1, 0.15) is 35.7 Å². The molecule has 2 aromatic heterocycles. The van der Waals surface area contributed by atoms with E-state index in [-0.39, 0.29) is 17.4 Å². The van der Waals surface area contributed by atoms with E-state index in [1.807, 2.05) is 32.9 Å². The summed E-state index contributed by atoms with van der Waals surface area (Å²) in [4.78, 5) is 21.8. The highest BCUT2D eigenvalue weighted by molar-refractivity contribution is 7.93. The number of nitrogens with zero attached hydrogens (tertiary/aromatic N) is 2. The summed E-state index contributed by atoms with van der Waals surface area (Å²) in [6.45, 7) is 6.38. The standard InChI is InChI=1S/C19H22N4O3S2/c1-11-13(3)27-19-16(11)18(24)21-17(22-19)12(2)20-14-5-7-15(8-6-14)23-9-4-10-28(23,25)26/h5-8,12,20H,4,9-10H2,1-3H3,(H,21,22,24). The minimum Gasteiger partial charge on any atom is -0.375 e. The lowest BCUT2D eigenvalue weighted by molar-refractivity contribution is 0.599. The number of anilines is 2. The fourth-order valence-corrected chi connectivity index (χ4v) is 6.05. The predicted molar refractivity (Wildman–Crippen MR) is 114 cm³/mol. The van der Waals surface area contributed by atoms with Gasteiger partial charge in [-0.05, 0) is 57.0 Å². The predicted octanol–water partition coefficient (Wildman–Crippen LogP) is 3.31. The minimum atomic E-state index is -3.18. The van der Waals surface area contributed by atoms with Crippen LogP contribution in [0.3, 0.4) is 0 Å². The van der Waals surface area contributed by atoms with E-state index >= 15 is 0 Å². The molecule has 0 bridgehead atoms. The zero-order valence-electron chi connectivity index (χ0n) is 15.9. The number of hydrogen-bond donors (Lipinski definition) is 2. The molecule has 148 valence electrons. The van der Waals surface area contributed by atoms with E-state index in [2.05, 4.69) is 15.3 Å². The summed E-state index contributed by atoms with van der Waals surface area (Å²) in [5.74, 6) is 0.776. The Morgan fingerprint density at radius 2 is 1.96 bits per heavy atom. The fraction of sp³-hybridized carbons (Fsp3) is 0.368. The number of fused-ring (bicyclic) bond motifs is 1. The number of aromatic nitrogens is 2. The van der Waals surface area contributed by atoms with Crippen molar-refractivity contribution in [2.24, 2.45) is 0 Å². The molecule has 3 heterocycles.